The number of nitrogens with one attached hydrogen (secondary N) is 2. The van der Waals surface area contributed by atoms with Crippen LogP contribution in [0.2, 0.25) is 0 Å². The zero-order chi connectivity index (χ0) is 19.0. The minimum atomic E-state index is -1.08. The molecule has 0 fully saturated rings. The van der Waals surface area contributed by atoms with Gasteiger partial charge >= 0.3 is 5.97 Å². The number of carbonyl (C=O) groups excluding carboxylic acids is 2. The summed E-state index contributed by atoms with van der Waals surface area (Å²) in [7, 11) is 0. The van der Waals surface area contributed by atoms with Crippen molar-refractivity contribution >= 4 is 34.8 Å². The summed E-state index contributed by atoms with van der Waals surface area (Å²) in [6.45, 7) is 3.23. The first-order chi connectivity index (χ1) is 12.3. The van der Waals surface area contributed by atoms with Crippen molar-refractivity contribution in [2.75, 3.05) is 5.32 Å². The van der Waals surface area contributed by atoms with Crippen molar-refractivity contribution in [3.8, 4) is 0 Å². The number of carboxylic acids is 1. The van der Waals surface area contributed by atoms with Gasteiger partial charge in [0.05, 0.1) is 17.3 Å². The molecular formula is C17H16FN3O4S. The molecule has 3 rings (SSSR count). The molecule has 3 N–H and O–H groups in total. The van der Waals surface area contributed by atoms with Crippen LogP contribution in [0.15, 0.2) is 12.1 Å². The van der Waals surface area contributed by atoms with Gasteiger partial charge in [-0.2, -0.15) is 0 Å². The molecule has 26 heavy (non-hydrogen) atoms. The van der Waals surface area contributed by atoms with Crippen molar-refractivity contribution in [2.45, 2.75) is 32.7 Å². The van der Waals surface area contributed by atoms with Crippen LogP contribution in [-0.4, -0.2) is 27.9 Å². The number of hydrogen-bond donors (Lipinski definition) is 3. The van der Waals surface area contributed by atoms with Gasteiger partial charge in [0.1, 0.15) is 15.7 Å². The van der Waals surface area contributed by atoms with Crippen molar-refractivity contribution in [2.24, 2.45) is 0 Å². The largest absolute Gasteiger partial charge is 0.477 e. The first-order valence-corrected chi connectivity index (χ1v) is 8.71. The van der Waals surface area contributed by atoms with Gasteiger partial charge in [-0.05, 0) is 38.0 Å². The molecule has 0 spiro atoms. The van der Waals surface area contributed by atoms with Gasteiger partial charge in [-0.25, -0.2) is 14.2 Å². The van der Waals surface area contributed by atoms with Crippen LogP contribution in [0.3, 0.4) is 0 Å². The van der Waals surface area contributed by atoms with Gasteiger partial charge in [-0.1, -0.05) is 0 Å². The molecular weight excluding hydrogens is 361 g/mol. The van der Waals surface area contributed by atoms with Crippen LogP contribution in [0.5, 0.6) is 0 Å². The average Bonchev–Trinajstić information content (AvgIpc) is 2.96. The molecule has 7 nitrogen and oxygen atoms in total. The number of carboxylic acid groups (broad SMARTS) is 1. The highest BCUT2D eigenvalue weighted by Crippen LogP contribution is 2.27. The number of benzene rings is 1. The van der Waals surface area contributed by atoms with Gasteiger partial charge in [-0.3, -0.25) is 9.59 Å². The van der Waals surface area contributed by atoms with Gasteiger partial charge < -0.3 is 15.7 Å². The van der Waals surface area contributed by atoms with E-state index in [1.807, 2.05) is 0 Å². The Hall–Kier alpha value is -2.81. The Morgan fingerprint density at radius 1 is 1.38 bits per heavy atom. The Kier molecular flexibility index (Phi) is 4.73. The van der Waals surface area contributed by atoms with Gasteiger partial charge in [0.15, 0.2) is 0 Å². The molecule has 2 amide bonds. The summed E-state index contributed by atoms with van der Waals surface area (Å²) in [6.07, 6.45) is 0.720. The average molecular weight is 377 g/mol. The van der Waals surface area contributed by atoms with E-state index in [1.165, 1.54) is 6.07 Å². The van der Waals surface area contributed by atoms with Gasteiger partial charge in [0.2, 0.25) is 5.91 Å². The van der Waals surface area contributed by atoms with E-state index in [-0.39, 0.29) is 22.8 Å². The Labute approximate surface area is 152 Å². The number of anilines is 1. The summed E-state index contributed by atoms with van der Waals surface area (Å²) >= 11 is 0.974. The first kappa shape index (κ1) is 18.0. The fourth-order valence-electron chi connectivity index (χ4n) is 2.71. The second-order valence-corrected chi connectivity index (χ2v) is 7.03. The molecule has 1 aliphatic rings. The number of rotatable bonds is 4. The van der Waals surface area contributed by atoms with E-state index >= 15 is 0 Å². The highest BCUT2D eigenvalue weighted by molar-refractivity contribution is 7.13. The Morgan fingerprint density at radius 3 is 2.77 bits per heavy atom. The summed E-state index contributed by atoms with van der Waals surface area (Å²) in [5, 5.41) is 14.7. The second kappa shape index (κ2) is 6.83. The lowest BCUT2D eigenvalue weighted by Gasteiger charge is -2.18. The molecule has 136 valence electrons. The number of aryl methyl sites for hydroxylation is 2. The molecule has 2 aromatic rings. The molecule has 1 aromatic carbocycles. The van der Waals surface area contributed by atoms with Crippen LogP contribution >= 0.6 is 11.3 Å². The maximum Gasteiger partial charge on any atom is 0.347 e. The number of thiazole rings is 1. The maximum atomic E-state index is 14.3. The predicted molar refractivity (Wildman–Crippen MR) is 93.0 cm³/mol. The van der Waals surface area contributed by atoms with Crippen LogP contribution < -0.4 is 10.6 Å². The van der Waals surface area contributed by atoms with E-state index < -0.39 is 23.7 Å². The summed E-state index contributed by atoms with van der Waals surface area (Å²) in [6, 6.07) is 2.00. The SMILES string of the molecule is Cc1nc(C(C)NC(=O)c2cc3c(cc2F)NC(=O)CC3)sc1C(=O)O. The van der Waals surface area contributed by atoms with E-state index in [0.717, 1.165) is 17.4 Å². The number of fused-ring (bicyclic) bond motifs is 1. The fraction of sp³-hybridized carbons (Fsp3) is 0.294. The number of hydrogen-bond acceptors (Lipinski definition) is 5. The monoisotopic (exact) mass is 377 g/mol. The Bertz CT molecular complexity index is 925. The molecule has 0 saturated heterocycles. The summed E-state index contributed by atoms with van der Waals surface area (Å²) in [5.41, 5.74) is 1.32. The van der Waals surface area contributed by atoms with Gasteiger partial charge in [0.25, 0.3) is 5.91 Å². The smallest absolute Gasteiger partial charge is 0.347 e. The third-order valence-electron chi connectivity index (χ3n) is 4.06. The summed E-state index contributed by atoms with van der Waals surface area (Å²) in [5.74, 6) is -2.62. The van der Waals surface area contributed by atoms with Crippen molar-refractivity contribution in [1.29, 1.82) is 0 Å². The van der Waals surface area contributed by atoms with Crippen LogP contribution in [-0.2, 0) is 11.2 Å². The highest BCUT2D eigenvalue weighted by Gasteiger charge is 2.23. The standard InChI is InChI=1S/C17H16FN3O4S/c1-7-14(17(24)25)26-16(20-7)8(2)19-15(23)10-5-9-3-4-13(22)21-12(9)6-11(10)18/h5-6,8H,3-4H2,1-2H3,(H,19,23)(H,21,22)(H,24,25). The van der Waals surface area contributed by atoms with Crippen LogP contribution in [0.4, 0.5) is 10.1 Å². The Balaban J connectivity index is 1.81. The topological polar surface area (TPSA) is 108 Å². The molecule has 1 unspecified atom stereocenters. The number of nitrogens with zero attached hydrogens (tertiary/aromatic N) is 1. The van der Waals surface area contributed by atoms with Crippen molar-refractivity contribution < 1.29 is 23.9 Å². The molecule has 2 heterocycles. The normalized spacial score (nSPS) is 14.3. The molecule has 0 aliphatic carbocycles. The van der Waals surface area contributed by atoms with Crippen LogP contribution in [0, 0.1) is 12.7 Å². The molecule has 1 aliphatic heterocycles. The molecule has 1 atom stereocenters. The fourth-order valence-corrected chi connectivity index (χ4v) is 3.62. The predicted octanol–water partition coefficient (Wildman–Crippen LogP) is 2.66. The third-order valence-corrected chi connectivity index (χ3v) is 5.39. The number of amides is 2. The molecule has 0 saturated carbocycles. The zero-order valence-electron chi connectivity index (χ0n) is 14.1. The molecule has 0 radical (unpaired) electrons. The minimum absolute atomic E-state index is 0.108. The number of aromatic nitrogens is 1. The van der Waals surface area contributed by atoms with E-state index in [4.69, 9.17) is 5.11 Å². The lowest BCUT2D eigenvalue weighted by molar-refractivity contribution is -0.116. The first-order valence-electron chi connectivity index (χ1n) is 7.90. The van der Waals surface area contributed by atoms with Crippen molar-refractivity contribution in [3.05, 3.63) is 44.7 Å². The van der Waals surface area contributed by atoms with Crippen LogP contribution in [0.1, 0.15) is 55.7 Å². The Morgan fingerprint density at radius 2 is 2.12 bits per heavy atom. The maximum absolute atomic E-state index is 14.3. The molecule has 1 aromatic heterocycles. The summed E-state index contributed by atoms with van der Waals surface area (Å²) in [4.78, 5) is 39.2. The van der Waals surface area contributed by atoms with Gasteiger partial charge in [0, 0.05) is 12.1 Å². The lowest BCUT2D eigenvalue weighted by Crippen LogP contribution is -2.28. The van der Waals surface area contributed by atoms with Crippen molar-refractivity contribution in [1.82, 2.24) is 10.3 Å². The number of carbonyl (C=O) groups is 3. The van der Waals surface area contributed by atoms with Gasteiger partial charge in [-0.15, -0.1) is 11.3 Å². The molecule has 0 bridgehead atoms. The number of halogens is 1. The third kappa shape index (κ3) is 3.43. The van der Waals surface area contributed by atoms with E-state index in [2.05, 4.69) is 15.6 Å². The second-order valence-electron chi connectivity index (χ2n) is 6.00. The van der Waals surface area contributed by atoms with Crippen molar-refractivity contribution in [3.63, 3.8) is 0 Å². The van der Waals surface area contributed by atoms with E-state index in [0.29, 0.717) is 28.4 Å². The quantitative estimate of drug-likeness (QED) is 0.759. The lowest BCUT2D eigenvalue weighted by atomic mass is 9.99. The number of aromatic carboxylic acids is 1. The van der Waals surface area contributed by atoms with Crippen LogP contribution in [0.25, 0.3) is 0 Å². The zero-order valence-corrected chi connectivity index (χ0v) is 14.9. The minimum Gasteiger partial charge on any atom is -0.477 e. The molecule has 9 heteroatoms. The van der Waals surface area contributed by atoms with E-state index in [9.17, 15) is 18.8 Å². The van der Waals surface area contributed by atoms with E-state index in [1.54, 1.807) is 13.8 Å². The summed E-state index contributed by atoms with van der Waals surface area (Å²) < 4.78 is 14.3. The highest BCUT2D eigenvalue weighted by atomic mass is 32.1.